The van der Waals surface area contributed by atoms with Gasteiger partial charge >= 0.3 is 0 Å². The second kappa shape index (κ2) is 5.41. The number of hydrogen-bond donors (Lipinski definition) is 1. The summed E-state index contributed by atoms with van der Waals surface area (Å²) in [5, 5.41) is 3.97. The van der Waals surface area contributed by atoms with Crippen molar-refractivity contribution in [3.8, 4) is 0 Å². The summed E-state index contributed by atoms with van der Waals surface area (Å²) in [5.74, 6) is 0. The lowest BCUT2D eigenvalue weighted by Crippen LogP contribution is -2.03. The van der Waals surface area contributed by atoms with Crippen molar-refractivity contribution in [1.29, 1.82) is 0 Å². The van der Waals surface area contributed by atoms with E-state index >= 15 is 0 Å². The molecule has 1 atom stereocenters. The van der Waals surface area contributed by atoms with E-state index in [0.29, 0.717) is 0 Å². The molecule has 2 N–H and O–H groups in total. The molecule has 0 aliphatic carbocycles. The molecule has 66 valence electrons. The Morgan fingerprint density at radius 2 is 2.09 bits per heavy atom. The third kappa shape index (κ3) is 3.60. The average molecular weight is 198 g/mol. The Morgan fingerprint density at radius 3 is 2.27 bits per heavy atom. The summed E-state index contributed by atoms with van der Waals surface area (Å²) in [6.07, 6.45) is 3.70. The van der Waals surface area contributed by atoms with E-state index in [0.717, 1.165) is 5.56 Å². The predicted molar refractivity (Wildman–Crippen MR) is 50.3 cm³/mol. The van der Waals surface area contributed by atoms with Gasteiger partial charge in [-0.1, -0.05) is 0 Å². The molecule has 1 aromatic rings. The molecule has 0 saturated carbocycles. The van der Waals surface area contributed by atoms with Crippen molar-refractivity contribution in [1.82, 2.24) is 9.78 Å². The zero-order valence-corrected chi connectivity index (χ0v) is 8.15. The zero-order chi connectivity index (χ0) is 6.85. The van der Waals surface area contributed by atoms with Crippen LogP contribution < -0.4 is 5.73 Å². The summed E-state index contributed by atoms with van der Waals surface area (Å²) in [5.41, 5.74) is 6.65. The van der Waals surface area contributed by atoms with Gasteiger partial charge in [0.2, 0.25) is 0 Å². The van der Waals surface area contributed by atoms with Crippen LogP contribution >= 0.6 is 24.8 Å². The lowest BCUT2D eigenvalue weighted by molar-refractivity contribution is 0.762. The van der Waals surface area contributed by atoms with Crippen molar-refractivity contribution in [2.45, 2.75) is 13.0 Å². The van der Waals surface area contributed by atoms with Gasteiger partial charge in [0, 0.05) is 24.8 Å². The van der Waals surface area contributed by atoms with E-state index in [1.54, 1.807) is 10.9 Å². The SMILES string of the molecule is C[C@@H](N)c1cnn(C)c1.Cl.Cl. The number of aryl methyl sites for hydroxylation is 1. The Hall–Kier alpha value is -0.250. The van der Waals surface area contributed by atoms with Crippen molar-refractivity contribution in [2.75, 3.05) is 0 Å². The highest BCUT2D eigenvalue weighted by Crippen LogP contribution is 2.05. The Labute approximate surface area is 78.8 Å². The molecule has 0 spiro atoms. The predicted octanol–water partition coefficient (Wildman–Crippen LogP) is 1.28. The number of halogens is 2. The molecule has 0 aliphatic heterocycles. The molecule has 1 rings (SSSR count). The highest BCUT2D eigenvalue weighted by atomic mass is 35.5. The maximum atomic E-state index is 5.57. The second-order valence-corrected chi connectivity index (χ2v) is 2.24. The summed E-state index contributed by atoms with van der Waals surface area (Å²) in [6.45, 7) is 1.94. The molecule has 0 fully saturated rings. The molecular weight excluding hydrogens is 185 g/mol. The van der Waals surface area contributed by atoms with Gasteiger partial charge < -0.3 is 5.73 Å². The minimum absolute atomic E-state index is 0. The van der Waals surface area contributed by atoms with Gasteiger partial charge in [-0.05, 0) is 6.92 Å². The largest absolute Gasteiger partial charge is 0.324 e. The molecule has 0 unspecified atom stereocenters. The van der Waals surface area contributed by atoms with Crippen LogP contribution in [0.5, 0.6) is 0 Å². The van der Waals surface area contributed by atoms with Crippen molar-refractivity contribution in [2.24, 2.45) is 12.8 Å². The first-order valence-corrected chi connectivity index (χ1v) is 2.94. The monoisotopic (exact) mass is 197 g/mol. The fraction of sp³-hybridized carbons (Fsp3) is 0.500. The number of rotatable bonds is 1. The van der Waals surface area contributed by atoms with Crippen molar-refractivity contribution in [3.63, 3.8) is 0 Å². The molecule has 0 aliphatic rings. The van der Waals surface area contributed by atoms with Gasteiger partial charge in [-0.3, -0.25) is 4.68 Å². The Balaban J connectivity index is 0. The van der Waals surface area contributed by atoms with Gasteiger partial charge in [0.05, 0.1) is 6.20 Å². The van der Waals surface area contributed by atoms with Crippen LogP contribution in [0, 0.1) is 0 Å². The Kier molecular flexibility index (Phi) is 6.56. The van der Waals surface area contributed by atoms with Gasteiger partial charge in [0.25, 0.3) is 0 Å². The molecule has 0 aromatic carbocycles. The van der Waals surface area contributed by atoms with Gasteiger partial charge in [-0.2, -0.15) is 5.10 Å². The third-order valence-corrected chi connectivity index (χ3v) is 1.25. The van der Waals surface area contributed by atoms with E-state index in [1.165, 1.54) is 0 Å². The van der Waals surface area contributed by atoms with Gasteiger partial charge in [-0.15, -0.1) is 24.8 Å². The van der Waals surface area contributed by atoms with Crippen molar-refractivity contribution >= 4 is 24.8 Å². The fourth-order valence-electron chi connectivity index (χ4n) is 0.675. The zero-order valence-electron chi connectivity index (χ0n) is 6.52. The molecule has 1 aromatic heterocycles. The highest BCUT2D eigenvalue weighted by molar-refractivity contribution is 5.85. The summed E-state index contributed by atoms with van der Waals surface area (Å²) < 4.78 is 1.75. The van der Waals surface area contributed by atoms with Crippen LogP contribution in [0.25, 0.3) is 0 Å². The van der Waals surface area contributed by atoms with E-state index in [4.69, 9.17) is 5.73 Å². The molecule has 0 bridgehead atoms. The Bertz CT molecular complexity index is 197. The molecule has 5 heteroatoms. The maximum absolute atomic E-state index is 5.57. The third-order valence-electron chi connectivity index (χ3n) is 1.25. The highest BCUT2D eigenvalue weighted by Gasteiger charge is 1.98. The number of hydrogen-bond acceptors (Lipinski definition) is 2. The van der Waals surface area contributed by atoms with Crippen LogP contribution in [-0.4, -0.2) is 9.78 Å². The molecule has 0 saturated heterocycles. The van der Waals surface area contributed by atoms with Crippen LogP contribution in [0.4, 0.5) is 0 Å². The lowest BCUT2D eigenvalue weighted by Gasteiger charge is -1.96. The van der Waals surface area contributed by atoms with E-state index in [-0.39, 0.29) is 30.9 Å². The normalized spacial score (nSPS) is 11.2. The molecule has 11 heavy (non-hydrogen) atoms. The summed E-state index contributed by atoms with van der Waals surface area (Å²) in [4.78, 5) is 0. The van der Waals surface area contributed by atoms with Crippen LogP contribution in [0.3, 0.4) is 0 Å². The number of nitrogens with two attached hydrogens (primary N) is 1. The minimum Gasteiger partial charge on any atom is -0.324 e. The first kappa shape index (κ1) is 13.3. The van der Waals surface area contributed by atoms with E-state index in [9.17, 15) is 0 Å². The van der Waals surface area contributed by atoms with Crippen LogP contribution in [-0.2, 0) is 7.05 Å². The smallest absolute Gasteiger partial charge is 0.0537 e. The number of aromatic nitrogens is 2. The van der Waals surface area contributed by atoms with Crippen LogP contribution in [0.15, 0.2) is 12.4 Å². The fourth-order valence-corrected chi connectivity index (χ4v) is 0.675. The lowest BCUT2D eigenvalue weighted by atomic mass is 10.2. The first-order valence-electron chi connectivity index (χ1n) is 2.94. The number of nitrogens with zero attached hydrogens (tertiary/aromatic N) is 2. The quantitative estimate of drug-likeness (QED) is 0.738. The Morgan fingerprint density at radius 1 is 1.55 bits per heavy atom. The van der Waals surface area contributed by atoms with Gasteiger partial charge in [-0.25, -0.2) is 0 Å². The summed E-state index contributed by atoms with van der Waals surface area (Å²) in [7, 11) is 1.88. The van der Waals surface area contributed by atoms with E-state index < -0.39 is 0 Å². The standard InChI is InChI=1S/C6H11N3.2ClH/c1-5(7)6-3-8-9(2)4-6;;/h3-5H,7H2,1-2H3;2*1H/t5-;;/m1../s1. The molecule has 0 amide bonds. The van der Waals surface area contributed by atoms with Crippen LogP contribution in [0.2, 0.25) is 0 Å². The molecule has 3 nitrogen and oxygen atoms in total. The van der Waals surface area contributed by atoms with E-state index in [2.05, 4.69) is 5.10 Å². The molecular formula is C6H13Cl2N3. The van der Waals surface area contributed by atoms with Crippen molar-refractivity contribution in [3.05, 3.63) is 18.0 Å². The van der Waals surface area contributed by atoms with Crippen molar-refractivity contribution < 1.29 is 0 Å². The second-order valence-electron chi connectivity index (χ2n) is 2.24. The molecule has 1 heterocycles. The maximum Gasteiger partial charge on any atom is 0.0537 e. The van der Waals surface area contributed by atoms with Crippen LogP contribution in [0.1, 0.15) is 18.5 Å². The van der Waals surface area contributed by atoms with Gasteiger partial charge in [0.1, 0.15) is 0 Å². The topological polar surface area (TPSA) is 43.8 Å². The molecule has 0 radical (unpaired) electrons. The van der Waals surface area contributed by atoms with E-state index in [1.807, 2.05) is 20.2 Å². The first-order chi connectivity index (χ1) is 4.20. The summed E-state index contributed by atoms with van der Waals surface area (Å²) >= 11 is 0. The van der Waals surface area contributed by atoms with Gasteiger partial charge in [0.15, 0.2) is 0 Å². The summed E-state index contributed by atoms with van der Waals surface area (Å²) in [6, 6.07) is 0.0960. The minimum atomic E-state index is 0. The average Bonchev–Trinajstić information content (AvgIpc) is 2.14.